The van der Waals surface area contributed by atoms with Gasteiger partial charge >= 0.3 is 5.97 Å². The van der Waals surface area contributed by atoms with E-state index in [1.165, 1.54) is 6.08 Å². The Hall–Kier alpha value is -2.82. The molecule has 2 aromatic rings. The smallest absolute Gasteiger partial charge is 0.328 e. The largest absolute Gasteiger partial charge is 0.464 e. The Morgan fingerprint density at radius 1 is 1.24 bits per heavy atom. The third-order valence-corrected chi connectivity index (χ3v) is 3.90. The molecule has 0 saturated carbocycles. The Labute approximate surface area is 148 Å². The van der Waals surface area contributed by atoms with E-state index in [-0.39, 0.29) is 5.91 Å². The number of hydrogen-bond donors (Lipinski definition) is 1. The van der Waals surface area contributed by atoms with Crippen LogP contribution < -0.4 is 5.32 Å². The van der Waals surface area contributed by atoms with Crippen LogP contribution >= 0.6 is 0 Å². The SMILES string of the molecule is CCOC(=O)C(C)NC(=O)/C=C/c1cc(C)n(-c2ccccc2)c1C. The highest BCUT2D eigenvalue weighted by atomic mass is 16.5. The van der Waals surface area contributed by atoms with E-state index < -0.39 is 12.0 Å². The summed E-state index contributed by atoms with van der Waals surface area (Å²) >= 11 is 0. The number of esters is 1. The van der Waals surface area contributed by atoms with Crippen LogP contribution in [0.5, 0.6) is 0 Å². The lowest BCUT2D eigenvalue weighted by Crippen LogP contribution is -2.38. The van der Waals surface area contributed by atoms with Crippen molar-refractivity contribution in [2.75, 3.05) is 6.61 Å². The monoisotopic (exact) mass is 340 g/mol. The first-order chi connectivity index (χ1) is 11.9. The lowest BCUT2D eigenvalue weighted by atomic mass is 10.2. The van der Waals surface area contributed by atoms with Crippen molar-refractivity contribution >= 4 is 18.0 Å². The summed E-state index contributed by atoms with van der Waals surface area (Å²) in [5, 5.41) is 2.60. The van der Waals surface area contributed by atoms with Crippen LogP contribution in [0.1, 0.15) is 30.8 Å². The summed E-state index contributed by atoms with van der Waals surface area (Å²) < 4.78 is 7.01. The maximum absolute atomic E-state index is 12.0. The average molecular weight is 340 g/mol. The summed E-state index contributed by atoms with van der Waals surface area (Å²) in [7, 11) is 0. The third-order valence-electron chi connectivity index (χ3n) is 3.90. The summed E-state index contributed by atoms with van der Waals surface area (Å²) in [6.07, 6.45) is 3.20. The summed E-state index contributed by atoms with van der Waals surface area (Å²) in [5.74, 6) is -0.767. The molecular formula is C20H24N2O3. The number of carbonyl (C=O) groups excluding carboxylic acids is 2. The van der Waals surface area contributed by atoms with Crippen LogP contribution in [-0.2, 0) is 14.3 Å². The number of nitrogens with zero attached hydrogens (tertiary/aromatic N) is 1. The van der Waals surface area contributed by atoms with E-state index in [1.807, 2.05) is 50.2 Å². The molecule has 0 aliphatic rings. The fraction of sp³-hybridized carbons (Fsp3) is 0.300. The summed E-state index contributed by atoms with van der Waals surface area (Å²) in [4.78, 5) is 23.5. The molecule has 1 aromatic carbocycles. The molecule has 0 bridgehead atoms. The third kappa shape index (κ3) is 4.59. The molecule has 0 spiro atoms. The molecule has 1 heterocycles. The average Bonchev–Trinajstić information content (AvgIpc) is 2.87. The Morgan fingerprint density at radius 3 is 2.56 bits per heavy atom. The first kappa shape index (κ1) is 18.5. The number of ether oxygens (including phenoxy) is 1. The van der Waals surface area contributed by atoms with Gasteiger partial charge in [0.1, 0.15) is 6.04 Å². The fourth-order valence-corrected chi connectivity index (χ4v) is 2.68. The second kappa shape index (κ2) is 8.33. The van der Waals surface area contributed by atoms with E-state index >= 15 is 0 Å². The van der Waals surface area contributed by atoms with E-state index in [1.54, 1.807) is 19.9 Å². The number of aromatic nitrogens is 1. The fourth-order valence-electron chi connectivity index (χ4n) is 2.68. The summed E-state index contributed by atoms with van der Waals surface area (Å²) in [6, 6.07) is 11.4. The van der Waals surface area contributed by atoms with Crippen LogP contribution in [0, 0.1) is 13.8 Å². The van der Waals surface area contributed by atoms with Gasteiger partial charge in [-0.2, -0.15) is 0 Å². The summed E-state index contributed by atoms with van der Waals surface area (Å²) in [5.41, 5.74) is 4.17. The molecule has 25 heavy (non-hydrogen) atoms. The van der Waals surface area contributed by atoms with Gasteiger partial charge in [0.05, 0.1) is 6.61 Å². The molecule has 0 aliphatic carbocycles. The number of nitrogens with one attached hydrogen (secondary N) is 1. The summed E-state index contributed by atoms with van der Waals surface area (Å²) in [6.45, 7) is 7.67. The van der Waals surface area contributed by atoms with E-state index in [2.05, 4.69) is 9.88 Å². The van der Waals surface area contributed by atoms with Gasteiger partial charge in [-0.25, -0.2) is 4.79 Å². The van der Waals surface area contributed by atoms with E-state index in [0.717, 1.165) is 22.6 Å². The number of hydrogen-bond acceptors (Lipinski definition) is 3. The molecular weight excluding hydrogens is 316 g/mol. The van der Waals surface area contributed by atoms with Crippen molar-refractivity contribution in [1.82, 2.24) is 9.88 Å². The minimum atomic E-state index is -0.672. The quantitative estimate of drug-likeness (QED) is 0.649. The lowest BCUT2D eigenvalue weighted by molar-refractivity contribution is -0.146. The van der Waals surface area contributed by atoms with Gasteiger partial charge in [-0.15, -0.1) is 0 Å². The van der Waals surface area contributed by atoms with Crippen molar-refractivity contribution in [3.8, 4) is 5.69 Å². The highest BCUT2D eigenvalue weighted by Gasteiger charge is 2.15. The van der Waals surface area contributed by atoms with Crippen molar-refractivity contribution in [1.29, 1.82) is 0 Å². The number of para-hydroxylation sites is 1. The maximum Gasteiger partial charge on any atom is 0.328 e. The molecule has 1 aromatic heterocycles. The van der Waals surface area contributed by atoms with Gasteiger partial charge in [0, 0.05) is 23.2 Å². The zero-order chi connectivity index (χ0) is 18.4. The van der Waals surface area contributed by atoms with Gasteiger partial charge in [-0.05, 0) is 57.5 Å². The van der Waals surface area contributed by atoms with Crippen molar-refractivity contribution in [2.24, 2.45) is 0 Å². The maximum atomic E-state index is 12.0. The van der Waals surface area contributed by atoms with Gasteiger partial charge in [-0.3, -0.25) is 4.79 Å². The Kier molecular flexibility index (Phi) is 6.17. The Balaban J connectivity index is 2.12. The van der Waals surface area contributed by atoms with E-state index in [4.69, 9.17) is 4.74 Å². The minimum Gasteiger partial charge on any atom is -0.464 e. The molecule has 5 nitrogen and oxygen atoms in total. The van der Waals surface area contributed by atoms with E-state index in [9.17, 15) is 9.59 Å². The number of carbonyl (C=O) groups is 2. The highest BCUT2D eigenvalue weighted by molar-refractivity contribution is 5.94. The van der Waals surface area contributed by atoms with Crippen LogP contribution in [0.4, 0.5) is 0 Å². The van der Waals surface area contributed by atoms with Gasteiger partial charge < -0.3 is 14.6 Å². The first-order valence-corrected chi connectivity index (χ1v) is 8.33. The van der Waals surface area contributed by atoms with Crippen LogP contribution in [0.25, 0.3) is 11.8 Å². The number of rotatable bonds is 6. The number of benzene rings is 1. The molecule has 1 unspecified atom stereocenters. The van der Waals surface area contributed by atoms with Gasteiger partial charge in [0.2, 0.25) is 5.91 Å². The molecule has 0 aliphatic heterocycles. The van der Waals surface area contributed by atoms with Crippen LogP contribution in [-0.4, -0.2) is 29.1 Å². The second-order valence-electron chi connectivity index (χ2n) is 5.81. The van der Waals surface area contributed by atoms with Crippen LogP contribution in [0.15, 0.2) is 42.5 Å². The molecule has 0 radical (unpaired) electrons. The predicted octanol–water partition coefficient (Wildman–Crippen LogP) is 3.18. The van der Waals surface area contributed by atoms with Crippen LogP contribution in [0.3, 0.4) is 0 Å². The molecule has 1 atom stereocenters. The Morgan fingerprint density at radius 2 is 1.92 bits per heavy atom. The zero-order valence-corrected chi connectivity index (χ0v) is 15.1. The zero-order valence-electron chi connectivity index (χ0n) is 15.1. The second-order valence-corrected chi connectivity index (χ2v) is 5.81. The van der Waals surface area contributed by atoms with E-state index in [0.29, 0.717) is 6.61 Å². The van der Waals surface area contributed by atoms with Crippen molar-refractivity contribution in [3.63, 3.8) is 0 Å². The molecule has 1 N–H and O–H groups in total. The topological polar surface area (TPSA) is 60.3 Å². The highest BCUT2D eigenvalue weighted by Crippen LogP contribution is 2.21. The molecule has 132 valence electrons. The predicted molar refractivity (Wildman–Crippen MR) is 98.5 cm³/mol. The minimum absolute atomic E-state index is 0.292. The van der Waals surface area contributed by atoms with Gasteiger partial charge in [-0.1, -0.05) is 18.2 Å². The molecule has 2 rings (SSSR count). The van der Waals surface area contributed by atoms with Crippen molar-refractivity contribution in [2.45, 2.75) is 33.7 Å². The molecule has 1 amide bonds. The van der Waals surface area contributed by atoms with Crippen molar-refractivity contribution < 1.29 is 14.3 Å². The first-order valence-electron chi connectivity index (χ1n) is 8.33. The molecule has 0 saturated heterocycles. The molecule has 5 heteroatoms. The number of amides is 1. The normalized spacial score (nSPS) is 12.2. The van der Waals surface area contributed by atoms with Gasteiger partial charge in [0.15, 0.2) is 0 Å². The number of aryl methyl sites for hydroxylation is 1. The van der Waals surface area contributed by atoms with Gasteiger partial charge in [0.25, 0.3) is 0 Å². The molecule has 0 fully saturated rings. The lowest BCUT2D eigenvalue weighted by Gasteiger charge is -2.10. The Bertz CT molecular complexity index is 776. The standard InChI is InChI=1S/C20H24N2O3/c1-5-25-20(24)15(3)21-19(23)12-11-17-13-14(2)22(16(17)4)18-9-7-6-8-10-18/h6-13,15H,5H2,1-4H3,(H,21,23)/b12-11+. The van der Waals surface area contributed by atoms with Crippen molar-refractivity contribution in [3.05, 3.63) is 59.4 Å². The van der Waals surface area contributed by atoms with Crippen LogP contribution in [0.2, 0.25) is 0 Å².